The summed E-state index contributed by atoms with van der Waals surface area (Å²) in [6.07, 6.45) is 0. The van der Waals surface area contributed by atoms with E-state index in [1.807, 2.05) is 41.6 Å². The Morgan fingerprint density at radius 3 is 2.65 bits per heavy atom. The van der Waals surface area contributed by atoms with Crippen LogP contribution in [0.4, 0.5) is 5.69 Å². The lowest BCUT2D eigenvalue weighted by Crippen LogP contribution is -2.48. The second-order valence-electron chi connectivity index (χ2n) is 4.54. The zero-order chi connectivity index (χ0) is 12.6. The molecule has 2 aromatic rings. The van der Waals surface area contributed by atoms with Gasteiger partial charge in [0, 0.05) is 22.5 Å². The van der Waals surface area contributed by atoms with Crippen molar-refractivity contribution in [2.24, 2.45) is 0 Å². The normalized spacial score (nSPS) is 11.7. The maximum Gasteiger partial charge on any atom is 0.328 e. The van der Waals surface area contributed by atoms with Crippen molar-refractivity contribution in [1.29, 1.82) is 0 Å². The van der Waals surface area contributed by atoms with Gasteiger partial charge in [0.1, 0.15) is 5.54 Å². The van der Waals surface area contributed by atoms with Gasteiger partial charge in [0.15, 0.2) is 0 Å². The molecule has 1 N–H and O–H groups in total. The van der Waals surface area contributed by atoms with Crippen molar-refractivity contribution < 1.29 is 9.90 Å². The summed E-state index contributed by atoms with van der Waals surface area (Å²) in [4.78, 5) is 13.1. The number of anilines is 1. The molecule has 0 amide bonds. The van der Waals surface area contributed by atoms with Gasteiger partial charge in [0.05, 0.1) is 5.69 Å². The first kappa shape index (κ1) is 11.9. The first-order valence-corrected chi connectivity index (χ1v) is 6.26. The number of carboxylic acids is 1. The predicted molar refractivity (Wildman–Crippen MR) is 71.9 cm³/mol. The van der Waals surface area contributed by atoms with E-state index < -0.39 is 11.5 Å². The number of fused-ring (bicyclic) bond motifs is 1. The van der Waals surface area contributed by atoms with Crippen LogP contribution in [-0.4, -0.2) is 23.7 Å². The number of carbonyl (C=O) groups is 1. The topological polar surface area (TPSA) is 40.5 Å². The fourth-order valence-corrected chi connectivity index (χ4v) is 2.65. The van der Waals surface area contributed by atoms with Gasteiger partial charge >= 0.3 is 5.97 Å². The minimum Gasteiger partial charge on any atom is -0.480 e. The van der Waals surface area contributed by atoms with E-state index in [4.69, 9.17) is 0 Å². The zero-order valence-electron chi connectivity index (χ0n) is 10.1. The molecule has 0 aliphatic carbocycles. The largest absolute Gasteiger partial charge is 0.480 e. The molecule has 0 atom stereocenters. The highest BCUT2D eigenvalue weighted by Gasteiger charge is 2.33. The molecule has 0 bridgehead atoms. The maximum atomic E-state index is 11.3. The average Bonchev–Trinajstić information content (AvgIpc) is 2.71. The first-order valence-electron chi connectivity index (χ1n) is 5.38. The Balaban J connectivity index is 2.50. The van der Waals surface area contributed by atoms with E-state index in [1.54, 1.807) is 25.2 Å². The minimum absolute atomic E-state index is 0.824. The Kier molecular flexibility index (Phi) is 2.83. The minimum atomic E-state index is -0.913. The molecule has 2 rings (SSSR count). The van der Waals surface area contributed by atoms with E-state index in [0.29, 0.717) is 0 Å². The molecule has 1 aromatic heterocycles. The lowest BCUT2D eigenvalue weighted by atomic mass is 10.0. The summed E-state index contributed by atoms with van der Waals surface area (Å²) in [5, 5.41) is 12.4. The molecule has 0 aliphatic heterocycles. The van der Waals surface area contributed by atoms with Crippen LogP contribution in [-0.2, 0) is 4.79 Å². The summed E-state index contributed by atoms with van der Waals surface area (Å²) in [6, 6.07) is 8.03. The number of hydrogen-bond donors (Lipinski definition) is 1. The number of nitrogens with zero attached hydrogens (tertiary/aromatic N) is 1. The molecule has 1 heterocycles. The van der Waals surface area contributed by atoms with Crippen molar-refractivity contribution in [3.05, 3.63) is 29.6 Å². The van der Waals surface area contributed by atoms with Gasteiger partial charge in [0.25, 0.3) is 0 Å². The number of hydrogen-bond acceptors (Lipinski definition) is 3. The molecule has 0 fully saturated rings. The molecule has 0 radical (unpaired) electrons. The van der Waals surface area contributed by atoms with Crippen LogP contribution in [0.2, 0.25) is 0 Å². The summed E-state index contributed by atoms with van der Waals surface area (Å²) in [5.74, 6) is -0.824. The smallest absolute Gasteiger partial charge is 0.328 e. The predicted octanol–water partition coefficient (Wildman–Crippen LogP) is 3.20. The van der Waals surface area contributed by atoms with Gasteiger partial charge in [-0.05, 0) is 19.9 Å². The van der Waals surface area contributed by atoms with Gasteiger partial charge in [-0.2, -0.15) is 0 Å². The third-order valence-corrected chi connectivity index (χ3v) is 4.13. The SMILES string of the molecule is CN(c1csc2ccccc12)C(C)(C)C(=O)O. The molecule has 4 heteroatoms. The summed E-state index contributed by atoms with van der Waals surface area (Å²) >= 11 is 1.64. The lowest BCUT2D eigenvalue weighted by molar-refractivity contribution is -0.142. The molecule has 0 spiro atoms. The van der Waals surface area contributed by atoms with Crippen molar-refractivity contribution in [2.75, 3.05) is 11.9 Å². The summed E-state index contributed by atoms with van der Waals surface area (Å²) in [5.41, 5.74) is 0.0575. The van der Waals surface area contributed by atoms with Crippen LogP contribution in [0.5, 0.6) is 0 Å². The summed E-state index contributed by atoms with van der Waals surface area (Å²) < 4.78 is 1.18. The molecule has 0 aliphatic rings. The number of benzene rings is 1. The number of rotatable bonds is 3. The van der Waals surface area contributed by atoms with Gasteiger partial charge in [-0.15, -0.1) is 11.3 Å². The lowest BCUT2D eigenvalue weighted by Gasteiger charge is -2.33. The van der Waals surface area contributed by atoms with E-state index in [1.165, 1.54) is 4.70 Å². The van der Waals surface area contributed by atoms with Gasteiger partial charge in [0.2, 0.25) is 0 Å². The molecule has 3 nitrogen and oxygen atoms in total. The van der Waals surface area contributed by atoms with Crippen LogP contribution in [0.1, 0.15) is 13.8 Å². The Labute approximate surface area is 104 Å². The third-order valence-electron chi connectivity index (χ3n) is 3.18. The average molecular weight is 249 g/mol. The molecular formula is C13H15NO2S. The molecule has 90 valence electrons. The van der Waals surface area contributed by atoms with Crippen molar-refractivity contribution in [2.45, 2.75) is 19.4 Å². The monoisotopic (exact) mass is 249 g/mol. The second kappa shape index (κ2) is 4.04. The van der Waals surface area contributed by atoms with Crippen LogP contribution in [0.15, 0.2) is 29.6 Å². The third kappa shape index (κ3) is 1.89. The Morgan fingerprint density at radius 2 is 2.00 bits per heavy atom. The van der Waals surface area contributed by atoms with Gasteiger partial charge in [-0.1, -0.05) is 18.2 Å². The van der Waals surface area contributed by atoms with Crippen molar-refractivity contribution >= 4 is 33.1 Å². The first-order chi connectivity index (χ1) is 7.94. The highest BCUT2D eigenvalue weighted by molar-refractivity contribution is 7.17. The summed E-state index contributed by atoms with van der Waals surface area (Å²) in [7, 11) is 1.82. The number of carboxylic acid groups (broad SMARTS) is 1. The maximum absolute atomic E-state index is 11.3. The van der Waals surface area contributed by atoms with Crippen molar-refractivity contribution in [3.8, 4) is 0 Å². The Bertz CT molecular complexity index is 559. The van der Waals surface area contributed by atoms with Crippen LogP contribution in [0.3, 0.4) is 0 Å². The number of likely N-dealkylation sites (N-methyl/N-ethyl adjacent to an activating group) is 1. The van der Waals surface area contributed by atoms with Gasteiger partial charge in [-0.3, -0.25) is 0 Å². The summed E-state index contributed by atoms with van der Waals surface area (Å²) in [6.45, 7) is 3.42. The zero-order valence-corrected chi connectivity index (χ0v) is 10.9. The second-order valence-corrected chi connectivity index (χ2v) is 5.45. The Morgan fingerprint density at radius 1 is 1.35 bits per heavy atom. The quantitative estimate of drug-likeness (QED) is 0.908. The van der Waals surface area contributed by atoms with E-state index in [9.17, 15) is 9.90 Å². The molecule has 1 aromatic carbocycles. The number of aliphatic carboxylic acids is 1. The van der Waals surface area contributed by atoms with E-state index in [2.05, 4.69) is 0 Å². The van der Waals surface area contributed by atoms with Crippen LogP contribution < -0.4 is 4.90 Å². The van der Waals surface area contributed by atoms with E-state index in [-0.39, 0.29) is 0 Å². The standard InChI is InChI=1S/C13H15NO2S/c1-13(2,12(15)16)14(3)10-8-17-11-7-5-4-6-9(10)11/h4-8H,1-3H3,(H,15,16). The van der Waals surface area contributed by atoms with E-state index in [0.717, 1.165) is 11.1 Å². The fraction of sp³-hybridized carbons (Fsp3) is 0.308. The van der Waals surface area contributed by atoms with Crippen molar-refractivity contribution in [1.82, 2.24) is 0 Å². The van der Waals surface area contributed by atoms with Crippen molar-refractivity contribution in [3.63, 3.8) is 0 Å². The Hall–Kier alpha value is -1.55. The molecule has 0 saturated heterocycles. The van der Waals surface area contributed by atoms with Gasteiger partial charge < -0.3 is 10.0 Å². The molecule has 0 unspecified atom stereocenters. The number of thiophene rings is 1. The highest BCUT2D eigenvalue weighted by atomic mass is 32.1. The van der Waals surface area contributed by atoms with Gasteiger partial charge in [-0.25, -0.2) is 4.79 Å². The van der Waals surface area contributed by atoms with E-state index >= 15 is 0 Å². The fourth-order valence-electron chi connectivity index (χ4n) is 1.67. The van der Waals surface area contributed by atoms with Crippen LogP contribution >= 0.6 is 11.3 Å². The molecule has 17 heavy (non-hydrogen) atoms. The van der Waals surface area contributed by atoms with Crippen LogP contribution in [0.25, 0.3) is 10.1 Å². The highest BCUT2D eigenvalue weighted by Crippen LogP contribution is 2.35. The molecule has 0 saturated carbocycles. The van der Waals surface area contributed by atoms with Crippen LogP contribution in [0, 0.1) is 0 Å². The molecular weight excluding hydrogens is 234 g/mol.